The molecule has 42 heavy (non-hydrogen) atoms. The van der Waals surface area contributed by atoms with E-state index in [0.717, 1.165) is 0 Å². The number of nitrogens with zero attached hydrogens (tertiary/aromatic N) is 1. The zero-order valence-electron chi connectivity index (χ0n) is 22.9. The Kier molecular flexibility index (Phi) is 10.3. The summed E-state index contributed by atoms with van der Waals surface area (Å²) in [6.07, 6.45) is -1.41. The maximum atomic E-state index is 15.9. The van der Waals surface area contributed by atoms with E-state index in [0.29, 0.717) is 34.2 Å². The second-order valence-corrected chi connectivity index (χ2v) is 11.7. The normalized spacial score (nSPS) is 16.1. The van der Waals surface area contributed by atoms with Crippen LogP contribution in [0, 0.1) is 0 Å². The summed E-state index contributed by atoms with van der Waals surface area (Å²) in [5, 5.41) is 2.28. The summed E-state index contributed by atoms with van der Waals surface area (Å²) < 4.78 is 75.0. The number of hydrogen-bond acceptors (Lipinski definition) is 7. The number of nitrogens with one attached hydrogen (secondary N) is 1. The lowest BCUT2D eigenvalue weighted by atomic mass is 9.98. The molecule has 0 spiro atoms. The van der Waals surface area contributed by atoms with Crippen molar-refractivity contribution in [2.24, 2.45) is 0 Å². The van der Waals surface area contributed by atoms with Gasteiger partial charge in [0.15, 0.2) is 0 Å². The zero-order chi connectivity index (χ0) is 30.2. The van der Waals surface area contributed by atoms with Gasteiger partial charge in [-0.1, -0.05) is 60.7 Å². The Bertz CT molecular complexity index is 1430. The Hall–Kier alpha value is -3.87. The number of amides is 1. The number of alkyl halides is 2. The van der Waals surface area contributed by atoms with E-state index in [9.17, 15) is 18.0 Å². The predicted molar refractivity (Wildman–Crippen MR) is 150 cm³/mol. The van der Waals surface area contributed by atoms with Gasteiger partial charge in [0.2, 0.25) is 15.8 Å². The van der Waals surface area contributed by atoms with Crippen LogP contribution in [0.3, 0.4) is 0 Å². The molecule has 1 aliphatic rings. The predicted octanol–water partition coefficient (Wildman–Crippen LogP) is 4.22. The van der Waals surface area contributed by atoms with Gasteiger partial charge in [0.25, 0.3) is 0 Å². The molecule has 0 aromatic heterocycles. The molecule has 1 N–H and O–H groups in total. The highest BCUT2D eigenvalue weighted by Gasteiger charge is 2.47. The average molecular weight is 603 g/mol. The number of carbonyl (C=O) groups is 2. The molecular formula is C30H32F2N2O7S. The van der Waals surface area contributed by atoms with Gasteiger partial charge >= 0.3 is 12.0 Å². The van der Waals surface area contributed by atoms with Crippen LogP contribution < -0.4 is 10.1 Å². The number of ketones is 1. The number of halogens is 2. The summed E-state index contributed by atoms with van der Waals surface area (Å²) in [6, 6.07) is 20.1. The lowest BCUT2D eigenvalue weighted by Crippen LogP contribution is -2.54. The molecule has 9 nitrogen and oxygen atoms in total. The van der Waals surface area contributed by atoms with Gasteiger partial charge in [0, 0.05) is 19.4 Å². The fourth-order valence-electron chi connectivity index (χ4n) is 4.46. The van der Waals surface area contributed by atoms with Gasteiger partial charge in [-0.05, 0) is 35.4 Å². The monoisotopic (exact) mass is 602 g/mol. The third-order valence-electron chi connectivity index (χ3n) is 6.69. The summed E-state index contributed by atoms with van der Waals surface area (Å²) in [6.45, 7) is -1.31. The summed E-state index contributed by atoms with van der Waals surface area (Å²) in [5.74, 6) is -5.44. The summed E-state index contributed by atoms with van der Waals surface area (Å²) in [5.41, 5.74) is 0.960. The molecule has 4 rings (SSSR count). The number of benzene rings is 3. The SMILES string of the molecule is COc1ccc(S(=O)(=O)N(Cc2ccccc2)CC(F)(F)C(=O)[C@H](Cc2ccccc2)NC(=O)OC2CCOC2)cc1. The Morgan fingerprint density at radius 1 is 1.00 bits per heavy atom. The summed E-state index contributed by atoms with van der Waals surface area (Å²) in [7, 11) is -3.08. The highest BCUT2D eigenvalue weighted by Crippen LogP contribution is 2.27. The van der Waals surface area contributed by atoms with Crippen LogP contribution in [0.2, 0.25) is 0 Å². The molecule has 0 radical (unpaired) electrons. The number of hydrogen-bond donors (Lipinski definition) is 1. The Balaban J connectivity index is 1.61. The molecule has 1 saturated heterocycles. The second kappa shape index (κ2) is 13.9. The van der Waals surface area contributed by atoms with Crippen molar-refractivity contribution in [3.8, 4) is 5.75 Å². The molecule has 224 valence electrons. The smallest absolute Gasteiger partial charge is 0.408 e. The van der Waals surface area contributed by atoms with Crippen LogP contribution in [0.25, 0.3) is 0 Å². The van der Waals surface area contributed by atoms with E-state index < -0.39 is 53.1 Å². The first-order valence-electron chi connectivity index (χ1n) is 13.3. The van der Waals surface area contributed by atoms with E-state index in [1.54, 1.807) is 60.7 Å². The zero-order valence-corrected chi connectivity index (χ0v) is 23.8. The van der Waals surface area contributed by atoms with Crippen LogP contribution in [-0.4, -0.2) is 69.5 Å². The lowest BCUT2D eigenvalue weighted by Gasteiger charge is -2.29. The fourth-order valence-corrected chi connectivity index (χ4v) is 5.89. The van der Waals surface area contributed by atoms with Gasteiger partial charge in [-0.25, -0.2) is 13.2 Å². The Morgan fingerprint density at radius 2 is 1.62 bits per heavy atom. The number of methoxy groups -OCH3 is 1. The van der Waals surface area contributed by atoms with Gasteiger partial charge in [-0.2, -0.15) is 13.1 Å². The van der Waals surface area contributed by atoms with Crippen molar-refractivity contribution in [1.29, 1.82) is 0 Å². The third kappa shape index (κ3) is 8.11. The van der Waals surface area contributed by atoms with Gasteiger partial charge in [-0.3, -0.25) is 4.79 Å². The first-order chi connectivity index (χ1) is 20.1. The van der Waals surface area contributed by atoms with E-state index in [1.807, 2.05) is 0 Å². The summed E-state index contributed by atoms with van der Waals surface area (Å²) in [4.78, 5) is 25.7. The Labute approximate surface area is 243 Å². The molecule has 0 bridgehead atoms. The van der Waals surface area contributed by atoms with Gasteiger partial charge in [-0.15, -0.1) is 0 Å². The van der Waals surface area contributed by atoms with Crippen molar-refractivity contribution in [3.05, 3.63) is 96.1 Å². The van der Waals surface area contributed by atoms with E-state index in [4.69, 9.17) is 14.2 Å². The third-order valence-corrected chi connectivity index (χ3v) is 8.49. The Morgan fingerprint density at radius 3 is 2.19 bits per heavy atom. The molecular weight excluding hydrogens is 570 g/mol. The minimum Gasteiger partial charge on any atom is -0.497 e. The fraction of sp³-hybridized carbons (Fsp3) is 0.333. The van der Waals surface area contributed by atoms with Crippen molar-refractivity contribution >= 4 is 21.9 Å². The highest BCUT2D eigenvalue weighted by molar-refractivity contribution is 7.89. The standard InChI is InChI=1S/C30H32F2N2O7S/c1-39-24-12-14-26(15-13-24)42(37,38)34(19-23-10-6-3-7-11-23)21-30(31,32)28(35)27(18-22-8-4-2-5-9-22)33-29(36)41-25-16-17-40-20-25/h2-15,25,27H,16-21H2,1H3,(H,33,36)/t25?,27-/m0/s1. The molecule has 1 unspecified atom stereocenters. The maximum absolute atomic E-state index is 15.9. The average Bonchev–Trinajstić information content (AvgIpc) is 3.50. The molecule has 0 aliphatic carbocycles. The van der Waals surface area contributed by atoms with E-state index in [1.165, 1.54) is 31.4 Å². The summed E-state index contributed by atoms with van der Waals surface area (Å²) >= 11 is 0. The number of sulfonamides is 1. The van der Waals surface area contributed by atoms with Crippen LogP contribution >= 0.6 is 0 Å². The topological polar surface area (TPSA) is 111 Å². The number of ether oxygens (including phenoxy) is 3. The maximum Gasteiger partial charge on any atom is 0.408 e. The van der Waals surface area contributed by atoms with Crippen molar-refractivity contribution in [2.45, 2.75) is 42.4 Å². The number of rotatable bonds is 13. The number of alkyl carbamates (subject to hydrolysis) is 1. The van der Waals surface area contributed by atoms with Crippen LogP contribution in [-0.2, 0) is 37.3 Å². The molecule has 3 aromatic rings. The van der Waals surface area contributed by atoms with Gasteiger partial charge in [0.05, 0.1) is 31.8 Å². The molecule has 1 heterocycles. The molecule has 1 amide bonds. The van der Waals surface area contributed by atoms with E-state index >= 15 is 8.78 Å². The van der Waals surface area contributed by atoms with Crippen LogP contribution in [0.4, 0.5) is 13.6 Å². The molecule has 1 aliphatic heterocycles. The van der Waals surface area contributed by atoms with Gasteiger partial charge in [0.1, 0.15) is 17.9 Å². The second-order valence-electron chi connectivity index (χ2n) is 9.78. The molecule has 1 fully saturated rings. The lowest BCUT2D eigenvalue weighted by molar-refractivity contribution is -0.146. The number of Topliss-reactive ketones (excluding diaryl/α,β-unsaturated/α-hetero) is 1. The first kappa shape index (κ1) is 31.1. The highest BCUT2D eigenvalue weighted by atomic mass is 32.2. The number of carbonyl (C=O) groups excluding carboxylic acids is 2. The molecule has 12 heteroatoms. The van der Waals surface area contributed by atoms with Crippen LogP contribution in [0.15, 0.2) is 89.8 Å². The quantitative estimate of drug-likeness (QED) is 0.312. The van der Waals surface area contributed by atoms with Crippen molar-refractivity contribution in [3.63, 3.8) is 0 Å². The molecule has 0 saturated carbocycles. The van der Waals surface area contributed by atoms with Crippen molar-refractivity contribution in [2.75, 3.05) is 26.9 Å². The first-order valence-corrected chi connectivity index (χ1v) is 14.7. The molecule has 2 atom stereocenters. The van der Waals surface area contributed by atoms with Crippen LogP contribution in [0.5, 0.6) is 5.75 Å². The van der Waals surface area contributed by atoms with Crippen LogP contribution in [0.1, 0.15) is 17.5 Å². The minimum absolute atomic E-state index is 0.165. The largest absolute Gasteiger partial charge is 0.497 e. The van der Waals surface area contributed by atoms with E-state index in [2.05, 4.69) is 5.32 Å². The van der Waals surface area contributed by atoms with Gasteiger partial charge < -0.3 is 19.5 Å². The molecule has 3 aromatic carbocycles. The van der Waals surface area contributed by atoms with Crippen molar-refractivity contribution in [1.82, 2.24) is 9.62 Å². The van der Waals surface area contributed by atoms with E-state index in [-0.39, 0.29) is 17.9 Å². The minimum atomic E-state index is -4.49. The van der Waals surface area contributed by atoms with Crippen molar-refractivity contribution < 1.29 is 41.0 Å².